The van der Waals surface area contributed by atoms with Gasteiger partial charge in [-0.3, -0.25) is 9.59 Å². The summed E-state index contributed by atoms with van der Waals surface area (Å²) in [6.45, 7) is 7.27. The van der Waals surface area contributed by atoms with Crippen LogP contribution in [0.25, 0.3) is 0 Å². The van der Waals surface area contributed by atoms with Crippen molar-refractivity contribution < 1.29 is 9.59 Å². The quantitative estimate of drug-likeness (QED) is 0.816. The number of nitrogens with one attached hydrogen (secondary N) is 1. The Morgan fingerprint density at radius 2 is 1.83 bits per heavy atom. The maximum atomic E-state index is 12.3. The van der Waals surface area contributed by atoms with Crippen LogP contribution in [0.5, 0.6) is 0 Å². The molecule has 1 aromatic rings. The predicted molar refractivity (Wildman–Crippen MR) is 98.3 cm³/mol. The first kappa shape index (κ1) is 18.5. The van der Waals surface area contributed by atoms with Crippen molar-refractivity contribution in [1.29, 1.82) is 0 Å². The Labute approximate surface area is 145 Å². The molecular formula is C20H30N2O2. The molecule has 0 bridgehead atoms. The van der Waals surface area contributed by atoms with E-state index < -0.39 is 0 Å². The minimum atomic E-state index is -0.0384. The number of carbonyl (C=O) groups excluding carboxylic acids is 2. The first-order valence-corrected chi connectivity index (χ1v) is 9.18. The molecule has 1 atom stereocenters. The van der Waals surface area contributed by atoms with Crippen LogP contribution in [-0.4, -0.2) is 24.4 Å². The molecular weight excluding hydrogens is 300 g/mol. The van der Waals surface area contributed by atoms with E-state index in [1.165, 1.54) is 6.42 Å². The van der Waals surface area contributed by atoms with Crippen molar-refractivity contribution in [1.82, 2.24) is 5.32 Å². The van der Waals surface area contributed by atoms with Crippen molar-refractivity contribution in [3.63, 3.8) is 0 Å². The lowest BCUT2D eigenvalue weighted by molar-refractivity contribution is -0.119. The summed E-state index contributed by atoms with van der Waals surface area (Å²) in [4.78, 5) is 26.1. The highest BCUT2D eigenvalue weighted by atomic mass is 16.2. The van der Waals surface area contributed by atoms with E-state index in [1.807, 2.05) is 29.2 Å². The Morgan fingerprint density at radius 1 is 1.12 bits per heavy atom. The Hall–Kier alpha value is -1.84. The van der Waals surface area contributed by atoms with Crippen LogP contribution >= 0.6 is 0 Å². The van der Waals surface area contributed by atoms with Crippen molar-refractivity contribution in [2.75, 3.05) is 11.4 Å². The molecule has 24 heavy (non-hydrogen) atoms. The van der Waals surface area contributed by atoms with Crippen LogP contribution in [0.3, 0.4) is 0 Å². The molecule has 0 aliphatic carbocycles. The molecule has 2 amide bonds. The summed E-state index contributed by atoms with van der Waals surface area (Å²) in [5, 5.41) is 3.06. The number of rotatable bonds is 7. The number of hydrogen-bond acceptors (Lipinski definition) is 2. The van der Waals surface area contributed by atoms with Crippen LogP contribution < -0.4 is 10.2 Å². The van der Waals surface area contributed by atoms with E-state index in [4.69, 9.17) is 0 Å². The smallest absolute Gasteiger partial charge is 0.251 e. The molecule has 0 radical (unpaired) electrons. The number of anilines is 1. The molecule has 1 saturated heterocycles. The highest BCUT2D eigenvalue weighted by Crippen LogP contribution is 2.21. The number of nitrogens with zero attached hydrogens (tertiary/aromatic N) is 1. The standard InChI is InChI=1S/C20H30N2O2/c1-15(2)7-6-8-16(3)21-20(24)17-10-12-18(13-11-17)22-14-5-4-9-19(22)23/h10-13,15-16H,4-9,14H2,1-3H3,(H,21,24)/t16-/m1/s1. The third-order valence-electron chi connectivity index (χ3n) is 4.56. The minimum Gasteiger partial charge on any atom is -0.350 e. The number of benzene rings is 1. The van der Waals surface area contributed by atoms with E-state index in [-0.39, 0.29) is 17.9 Å². The van der Waals surface area contributed by atoms with Gasteiger partial charge >= 0.3 is 0 Å². The third kappa shape index (κ3) is 5.36. The van der Waals surface area contributed by atoms with E-state index in [1.54, 1.807) is 0 Å². The molecule has 1 fully saturated rings. The molecule has 0 spiro atoms. The fraction of sp³-hybridized carbons (Fsp3) is 0.600. The van der Waals surface area contributed by atoms with E-state index in [9.17, 15) is 9.59 Å². The van der Waals surface area contributed by atoms with Gasteiger partial charge < -0.3 is 10.2 Å². The zero-order valence-electron chi connectivity index (χ0n) is 15.2. The van der Waals surface area contributed by atoms with Gasteiger partial charge in [0, 0.05) is 30.3 Å². The van der Waals surface area contributed by atoms with Crippen molar-refractivity contribution >= 4 is 17.5 Å². The van der Waals surface area contributed by atoms with E-state index in [0.29, 0.717) is 17.9 Å². The number of amides is 2. The number of carbonyl (C=O) groups is 2. The molecule has 0 aromatic heterocycles. The lowest BCUT2D eigenvalue weighted by atomic mass is 10.0. The zero-order chi connectivity index (χ0) is 17.5. The molecule has 4 nitrogen and oxygen atoms in total. The van der Waals surface area contributed by atoms with Gasteiger partial charge in [-0.25, -0.2) is 0 Å². The van der Waals surface area contributed by atoms with Crippen molar-refractivity contribution in [3.8, 4) is 0 Å². The molecule has 0 unspecified atom stereocenters. The predicted octanol–water partition coefficient (Wildman–Crippen LogP) is 4.15. The molecule has 1 aliphatic rings. The van der Waals surface area contributed by atoms with Gasteiger partial charge in [0.2, 0.25) is 5.91 Å². The summed E-state index contributed by atoms with van der Waals surface area (Å²) in [6.07, 6.45) is 5.97. The van der Waals surface area contributed by atoms with Crippen LogP contribution in [0.2, 0.25) is 0 Å². The number of piperidine rings is 1. The van der Waals surface area contributed by atoms with Gasteiger partial charge in [-0.2, -0.15) is 0 Å². The van der Waals surface area contributed by atoms with Crippen LogP contribution in [0.1, 0.15) is 69.7 Å². The highest BCUT2D eigenvalue weighted by molar-refractivity contribution is 5.97. The normalized spacial score (nSPS) is 16.3. The summed E-state index contributed by atoms with van der Waals surface area (Å²) in [5.74, 6) is 0.846. The highest BCUT2D eigenvalue weighted by Gasteiger charge is 2.19. The lowest BCUT2D eigenvalue weighted by Gasteiger charge is -2.26. The van der Waals surface area contributed by atoms with Crippen LogP contribution in [0.4, 0.5) is 5.69 Å². The molecule has 1 N–H and O–H groups in total. The molecule has 2 rings (SSSR count). The zero-order valence-corrected chi connectivity index (χ0v) is 15.2. The fourth-order valence-corrected chi connectivity index (χ4v) is 3.08. The molecule has 1 aromatic carbocycles. The third-order valence-corrected chi connectivity index (χ3v) is 4.56. The molecule has 1 aliphatic heterocycles. The summed E-state index contributed by atoms with van der Waals surface area (Å²) in [6, 6.07) is 7.56. The summed E-state index contributed by atoms with van der Waals surface area (Å²) < 4.78 is 0. The van der Waals surface area contributed by atoms with E-state index in [0.717, 1.165) is 37.9 Å². The SMILES string of the molecule is CC(C)CCC[C@@H](C)NC(=O)c1ccc(N2CCCCC2=O)cc1. The average molecular weight is 330 g/mol. The van der Waals surface area contributed by atoms with Crippen LogP contribution in [-0.2, 0) is 4.79 Å². The first-order valence-electron chi connectivity index (χ1n) is 9.18. The lowest BCUT2D eigenvalue weighted by Crippen LogP contribution is -2.35. The van der Waals surface area contributed by atoms with Gasteiger partial charge in [-0.1, -0.05) is 26.7 Å². The van der Waals surface area contributed by atoms with E-state index in [2.05, 4.69) is 26.1 Å². The van der Waals surface area contributed by atoms with Crippen molar-refractivity contribution in [2.45, 2.75) is 65.3 Å². The minimum absolute atomic E-state index is 0.0384. The van der Waals surface area contributed by atoms with Crippen molar-refractivity contribution in [3.05, 3.63) is 29.8 Å². The Balaban J connectivity index is 1.87. The van der Waals surface area contributed by atoms with Gasteiger partial charge in [-0.05, 0) is 56.4 Å². The Bertz CT molecular complexity index is 551. The second-order valence-corrected chi connectivity index (χ2v) is 7.25. The van der Waals surface area contributed by atoms with Gasteiger partial charge in [0.05, 0.1) is 0 Å². The van der Waals surface area contributed by atoms with Gasteiger partial charge in [0.1, 0.15) is 0 Å². The molecule has 0 saturated carbocycles. The van der Waals surface area contributed by atoms with E-state index >= 15 is 0 Å². The maximum Gasteiger partial charge on any atom is 0.251 e. The van der Waals surface area contributed by atoms with Crippen molar-refractivity contribution in [2.24, 2.45) is 5.92 Å². The second-order valence-electron chi connectivity index (χ2n) is 7.25. The van der Waals surface area contributed by atoms with Gasteiger partial charge in [0.25, 0.3) is 5.91 Å². The Kier molecular flexibility index (Phi) is 6.83. The molecule has 1 heterocycles. The summed E-state index contributed by atoms with van der Waals surface area (Å²) in [7, 11) is 0. The second kappa shape index (κ2) is 8.86. The van der Waals surface area contributed by atoms with Crippen LogP contribution in [0, 0.1) is 5.92 Å². The average Bonchev–Trinajstić information content (AvgIpc) is 2.55. The summed E-state index contributed by atoms with van der Waals surface area (Å²) >= 11 is 0. The largest absolute Gasteiger partial charge is 0.350 e. The number of hydrogen-bond donors (Lipinski definition) is 1. The molecule has 132 valence electrons. The first-order chi connectivity index (χ1) is 11.5. The monoisotopic (exact) mass is 330 g/mol. The van der Waals surface area contributed by atoms with Gasteiger partial charge in [0.15, 0.2) is 0 Å². The fourth-order valence-electron chi connectivity index (χ4n) is 3.08. The molecule has 4 heteroatoms. The maximum absolute atomic E-state index is 12.3. The topological polar surface area (TPSA) is 49.4 Å². The van der Waals surface area contributed by atoms with Crippen LogP contribution in [0.15, 0.2) is 24.3 Å². The summed E-state index contributed by atoms with van der Waals surface area (Å²) in [5.41, 5.74) is 1.54. The Morgan fingerprint density at radius 3 is 2.46 bits per heavy atom. The van der Waals surface area contributed by atoms with Gasteiger partial charge in [-0.15, -0.1) is 0 Å².